The second kappa shape index (κ2) is 6.63. The number of aromatic amines is 1. The van der Waals surface area contributed by atoms with E-state index in [1.165, 1.54) is 29.2 Å². The van der Waals surface area contributed by atoms with Crippen molar-refractivity contribution in [1.82, 2.24) is 9.97 Å². The van der Waals surface area contributed by atoms with Gasteiger partial charge in [0.25, 0.3) is 5.56 Å². The van der Waals surface area contributed by atoms with Crippen LogP contribution in [-0.2, 0) is 11.5 Å². The Labute approximate surface area is 145 Å². The fraction of sp³-hybridized carbons (Fsp3) is 0.250. The van der Waals surface area contributed by atoms with Crippen molar-refractivity contribution in [2.75, 3.05) is 0 Å². The molecule has 0 saturated carbocycles. The average Bonchev–Trinajstić information content (AvgIpc) is 2.77. The summed E-state index contributed by atoms with van der Waals surface area (Å²) in [5.74, 6) is 1.20. The van der Waals surface area contributed by atoms with E-state index in [4.69, 9.17) is 11.6 Å². The van der Waals surface area contributed by atoms with E-state index in [9.17, 15) is 9.18 Å². The van der Waals surface area contributed by atoms with Gasteiger partial charge in [-0.05, 0) is 31.5 Å². The number of thiophene rings is 1. The van der Waals surface area contributed by atoms with E-state index in [1.807, 2.05) is 13.8 Å². The van der Waals surface area contributed by atoms with Crippen molar-refractivity contribution in [3.8, 4) is 0 Å². The van der Waals surface area contributed by atoms with E-state index in [-0.39, 0.29) is 11.4 Å². The Kier molecular flexibility index (Phi) is 4.75. The van der Waals surface area contributed by atoms with Gasteiger partial charge in [0.05, 0.1) is 11.1 Å². The van der Waals surface area contributed by atoms with Crippen molar-refractivity contribution in [2.24, 2.45) is 0 Å². The molecule has 120 valence electrons. The number of rotatable bonds is 4. The van der Waals surface area contributed by atoms with E-state index in [0.717, 1.165) is 15.3 Å². The van der Waals surface area contributed by atoms with E-state index in [2.05, 4.69) is 9.97 Å². The molecular weight excluding hydrogens is 355 g/mol. The third kappa shape index (κ3) is 3.29. The zero-order chi connectivity index (χ0) is 16.6. The van der Waals surface area contributed by atoms with Crippen molar-refractivity contribution in [3.63, 3.8) is 0 Å². The largest absolute Gasteiger partial charge is 0.309 e. The Morgan fingerprint density at radius 2 is 2.13 bits per heavy atom. The molecule has 0 aliphatic carbocycles. The molecule has 0 radical (unpaired) electrons. The van der Waals surface area contributed by atoms with Gasteiger partial charge in [0, 0.05) is 21.2 Å². The highest BCUT2D eigenvalue weighted by molar-refractivity contribution is 7.97. The number of nitrogens with one attached hydrogen (secondary N) is 1. The molecule has 0 amide bonds. The summed E-state index contributed by atoms with van der Waals surface area (Å²) in [4.78, 5) is 21.4. The van der Waals surface area contributed by atoms with Crippen molar-refractivity contribution >= 4 is 44.9 Å². The molecule has 0 aliphatic heterocycles. The number of fused-ring (bicyclic) bond motifs is 1. The van der Waals surface area contributed by atoms with Crippen molar-refractivity contribution in [2.45, 2.75) is 25.4 Å². The molecule has 0 aliphatic rings. The summed E-state index contributed by atoms with van der Waals surface area (Å²) in [5.41, 5.74) is 1.35. The molecule has 0 atom stereocenters. The summed E-state index contributed by atoms with van der Waals surface area (Å²) < 4.78 is 13.7. The van der Waals surface area contributed by atoms with E-state index in [1.54, 1.807) is 12.1 Å². The molecule has 2 heterocycles. The van der Waals surface area contributed by atoms with Crippen LogP contribution in [0.5, 0.6) is 0 Å². The smallest absolute Gasteiger partial charge is 0.259 e. The molecule has 7 heteroatoms. The van der Waals surface area contributed by atoms with E-state index < -0.39 is 0 Å². The van der Waals surface area contributed by atoms with Crippen LogP contribution in [0.25, 0.3) is 10.2 Å². The summed E-state index contributed by atoms with van der Waals surface area (Å²) in [6.07, 6.45) is 0. The summed E-state index contributed by atoms with van der Waals surface area (Å²) in [6, 6.07) is 4.65. The lowest BCUT2D eigenvalue weighted by molar-refractivity contribution is 0.617. The number of hydrogen-bond acceptors (Lipinski definition) is 4. The van der Waals surface area contributed by atoms with Crippen LogP contribution in [0.3, 0.4) is 0 Å². The van der Waals surface area contributed by atoms with Gasteiger partial charge in [-0.15, -0.1) is 23.1 Å². The summed E-state index contributed by atoms with van der Waals surface area (Å²) in [7, 11) is 0. The van der Waals surface area contributed by atoms with Crippen LogP contribution < -0.4 is 5.56 Å². The van der Waals surface area contributed by atoms with E-state index in [0.29, 0.717) is 33.3 Å². The minimum absolute atomic E-state index is 0.114. The molecule has 23 heavy (non-hydrogen) atoms. The van der Waals surface area contributed by atoms with Crippen molar-refractivity contribution in [1.29, 1.82) is 0 Å². The molecule has 0 saturated heterocycles. The average molecular weight is 369 g/mol. The number of nitrogens with zero attached hydrogens (tertiary/aromatic N) is 1. The molecule has 0 unspecified atom stereocenters. The van der Waals surface area contributed by atoms with Crippen molar-refractivity contribution < 1.29 is 4.39 Å². The van der Waals surface area contributed by atoms with Gasteiger partial charge in [0.1, 0.15) is 16.5 Å². The van der Waals surface area contributed by atoms with Gasteiger partial charge in [-0.3, -0.25) is 4.79 Å². The zero-order valence-electron chi connectivity index (χ0n) is 12.6. The van der Waals surface area contributed by atoms with Crippen LogP contribution in [0.4, 0.5) is 4.39 Å². The highest BCUT2D eigenvalue weighted by atomic mass is 35.5. The zero-order valence-corrected chi connectivity index (χ0v) is 15.0. The number of halogens is 2. The van der Waals surface area contributed by atoms with Crippen LogP contribution >= 0.6 is 34.7 Å². The first-order valence-corrected chi connectivity index (χ1v) is 9.32. The minimum Gasteiger partial charge on any atom is -0.309 e. The fourth-order valence-electron chi connectivity index (χ4n) is 2.29. The van der Waals surface area contributed by atoms with Crippen molar-refractivity contribution in [3.05, 3.63) is 61.2 Å². The van der Waals surface area contributed by atoms with Gasteiger partial charge in [-0.25, -0.2) is 9.37 Å². The SMILES string of the molecule is Cc1sc2nc(CSCc3c(F)cccc3Cl)[nH]c(=O)c2c1C. The minimum atomic E-state index is -0.314. The number of hydrogen-bond donors (Lipinski definition) is 1. The second-order valence-electron chi connectivity index (χ2n) is 5.17. The Morgan fingerprint density at radius 3 is 2.87 bits per heavy atom. The van der Waals surface area contributed by atoms with Gasteiger partial charge in [0.15, 0.2) is 0 Å². The van der Waals surface area contributed by atoms with Crippen LogP contribution in [-0.4, -0.2) is 9.97 Å². The maximum atomic E-state index is 13.7. The molecule has 1 N–H and O–H groups in total. The van der Waals surface area contributed by atoms with Gasteiger partial charge < -0.3 is 4.98 Å². The first-order valence-electron chi connectivity index (χ1n) is 6.97. The first kappa shape index (κ1) is 16.5. The standard InChI is InChI=1S/C16H14ClFN2OS2/c1-8-9(2)23-16-14(8)15(21)19-13(20-16)7-22-6-10-11(17)4-3-5-12(10)18/h3-5H,6-7H2,1-2H3,(H,19,20,21). The molecule has 3 rings (SSSR count). The number of thioether (sulfide) groups is 1. The Balaban J connectivity index is 1.79. The van der Waals surface area contributed by atoms with Crippen LogP contribution in [0, 0.1) is 19.7 Å². The molecule has 0 spiro atoms. The topological polar surface area (TPSA) is 45.8 Å². The molecule has 1 aromatic carbocycles. The predicted molar refractivity (Wildman–Crippen MR) is 96.1 cm³/mol. The van der Waals surface area contributed by atoms with Gasteiger partial charge in [0.2, 0.25) is 0 Å². The fourth-order valence-corrected chi connectivity index (χ4v) is 4.58. The molecular formula is C16H14ClFN2OS2. The van der Waals surface area contributed by atoms with Gasteiger partial charge >= 0.3 is 0 Å². The summed E-state index contributed by atoms with van der Waals surface area (Å²) in [6.45, 7) is 3.91. The summed E-state index contributed by atoms with van der Waals surface area (Å²) in [5, 5.41) is 1.08. The number of H-pyrrole nitrogens is 1. The molecule has 3 nitrogen and oxygen atoms in total. The monoisotopic (exact) mass is 368 g/mol. The highest BCUT2D eigenvalue weighted by Gasteiger charge is 2.12. The number of aryl methyl sites for hydroxylation is 2. The summed E-state index contributed by atoms with van der Waals surface area (Å²) >= 11 is 8.99. The quantitative estimate of drug-likeness (QED) is 0.717. The van der Waals surface area contributed by atoms with E-state index >= 15 is 0 Å². The molecule has 0 fully saturated rings. The van der Waals surface area contributed by atoms with Crippen LogP contribution in [0.1, 0.15) is 21.8 Å². The predicted octanol–water partition coefficient (Wildman–Crippen LogP) is 4.83. The third-order valence-corrected chi connectivity index (χ3v) is 6.06. The maximum absolute atomic E-state index is 13.7. The van der Waals surface area contributed by atoms with Crippen LogP contribution in [0.15, 0.2) is 23.0 Å². The van der Waals surface area contributed by atoms with Gasteiger partial charge in [-0.2, -0.15) is 0 Å². The van der Waals surface area contributed by atoms with Gasteiger partial charge in [-0.1, -0.05) is 17.7 Å². The first-order chi connectivity index (χ1) is 11.0. The second-order valence-corrected chi connectivity index (χ2v) is 7.77. The normalized spacial score (nSPS) is 11.3. The lowest BCUT2D eigenvalue weighted by Crippen LogP contribution is -2.10. The third-order valence-electron chi connectivity index (χ3n) is 3.63. The highest BCUT2D eigenvalue weighted by Crippen LogP contribution is 2.28. The number of benzene rings is 1. The molecule has 0 bridgehead atoms. The maximum Gasteiger partial charge on any atom is 0.259 e. The number of aromatic nitrogens is 2. The Hall–Kier alpha value is -1.37. The molecule has 2 aromatic heterocycles. The van der Waals surface area contributed by atoms with Crippen LogP contribution in [0.2, 0.25) is 5.02 Å². The molecule has 3 aromatic rings. The Bertz CT molecular complexity index is 915. The lowest BCUT2D eigenvalue weighted by atomic mass is 10.2. The Morgan fingerprint density at radius 1 is 1.35 bits per heavy atom. The lowest BCUT2D eigenvalue weighted by Gasteiger charge is -2.05.